The van der Waals surface area contributed by atoms with E-state index in [2.05, 4.69) is 10.6 Å². The van der Waals surface area contributed by atoms with Crippen molar-refractivity contribution < 1.29 is 9.53 Å². The fourth-order valence-electron chi connectivity index (χ4n) is 2.17. The van der Waals surface area contributed by atoms with Gasteiger partial charge in [-0.05, 0) is 32.1 Å². The molecule has 0 aliphatic heterocycles. The lowest BCUT2D eigenvalue weighted by Gasteiger charge is -2.19. The first-order valence-electron chi connectivity index (χ1n) is 5.85. The molecule has 15 heavy (non-hydrogen) atoms. The summed E-state index contributed by atoms with van der Waals surface area (Å²) in [6, 6.07) is 0.820. The van der Waals surface area contributed by atoms with Crippen LogP contribution in [-0.4, -0.2) is 37.7 Å². The first-order chi connectivity index (χ1) is 7.29. The van der Waals surface area contributed by atoms with Crippen LogP contribution >= 0.6 is 0 Å². The number of hydrogen-bond donors (Lipinski definition) is 2. The highest BCUT2D eigenvalue weighted by atomic mass is 16.5. The molecule has 4 nitrogen and oxygen atoms in total. The lowest BCUT2D eigenvalue weighted by atomic mass is 10.2. The summed E-state index contributed by atoms with van der Waals surface area (Å²) >= 11 is 0. The molecule has 2 aliphatic carbocycles. The number of rotatable bonds is 5. The molecule has 2 N–H and O–H groups in total. The molecule has 4 heteroatoms. The van der Waals surface area contributed by atoms with E-state index in [1.54, 1.807) is 7.11 Å². The Labute approximate surface area is 90.8 Å². The molecule has 0 aromatic heterocycles. The van der Waals surface area contributed by atoms with E-state index >= 15 is 0 Å². The van der Waals surface area contributed by atoms with Crippen molar-refractivity contribution in [3.05, 3.63) is 0 Å². The summed E-state index contributed by atoms with van der Waals surface area (Å²) in [5, 5.41) is 6.25. The van der Waals surface area contributed by atoms with Crippen molar-refractivity contribution >= 4 is 5.91 Å². The number of methoxy groups -OCH3 is 1. The lowest BCUT2D eigenvalue weighted by molar-refractivity contribution is -0.120. The molecular formula is C11H20N2O2. The number of amides is 1. The van der Waals surface area contributed by atoms with Crippen LogP contribution in [0.4, 0.5) is 0 Å². The number of carbonyl (C=O) groups excluding carboxylic acids is 1. The normalized spacial score (nSPS) is 30.5. The van der Waals surface area contributed by atoms with Crippen LogP contribution in [0.3, 0.4) is 0 Å². The second-order valence-corrected chi connectivity index (χ2v) is 4.53. The van der Waals surface area contributed by atoms with Gasteiger partial charge in [0.1, 0.15) is 0 Å². The predicted octanol–water partition coefficient (Wildman–Crippen LogP) is 0.422. The fraction of sp³-hybridized carbons (Fsp3) is 0.909. The highest BCUT2D eigenvalue weighted by molar-refractivity contribution is 5.78. The van der Waals surface area contributed by atoms with E-state index in [0.717, 1.165) is 25.7 Å². The van der Waals surface area contributed by atoms with Crippen molar-refractivity contribution in [1.82, 2.24) is 10.6 Å². The number of ether oxygens (including phenoxy) is 1. The first kappa shape index (κ1) is 10.9. The topological polar surface area (TPSA) is 50.4 Å². The lowest BCUT2D eigenvalue weighted by Crippen LogP contribution is -2.43. The molecule has 0 aromatic rings. The molecule has 0 radical (unpaired) electrons. The summed E-state index contributed by atoms with van der Waals surface area (Å²) in [4.78, 5) is 11.4. The highest BCUT2D eigenvalue weighted by Gasteiger charge is 2.28. The molecule has 2 aliphatic rings. The maximum Gasteiger partial charge on any atom is 0.234 e. The maximum absolute atomic E-state index is 11.4. The molecule has 2 unspecified atom stereocenters. The minimum absolute atomic E-state index is 0.124. The third kappa shape index (κ3) is 3.18. The van der Waals surface area contributed by atoms with Crippen LogP contribution < -0.4 is 10.6 Å². The number of carbonyl (C=O) groups is 1. The fourth-order valence-corrected chi connectivity index (χ4v) is 2.17. The zero-order chi connectivity index (χ0) is 10.7. The zero-order valence-electron chi connectivity index (χ0n) is 9.29. The van der Waals surface area contributed by atoms with Gasteiger partial charge in [0.15, 0.2) is 0 Å². The van der Waals surface area contributed by atoms with Gasteiger partial charge in [0.05, 0.1) is 12.6 Å². The Morgan fingerprint density at radius 3 is 2.80 bits per heavy atom. The third-order valence-corrected chi connectivity index (χ3v) is 3.22. The Balaban J connectivity index is 1.65. The molecular weight excluding hydrogens is 192 g/mol. The number of hydrogen-bond acceptors (Lipinski definition) is 3. The molecule has 0 bridgehead atoms. The second-order valence-electron chi connectivity index (χ2n) is 4.53. The van der Waals surface area contributed by atoms with Gasteiger partial charge < -0.3 is 15.4 Å². The standard InChI is InChI=1S/C11H20N2O2/c1-15-10-4-2-3-9(10)12-7-11(14)13-8-5-6-8/h8-10,12H,2-7H2,1H3,(H,13,14). The Kier molecular flexibility index (Phi) is 3.59. The van der Waals surface area contributed by atoms with E-state index < -0.39 is 0 Å². The molecule has 2 atom stereocenters. The molecule has 0 heterocycles. The smallest absolute Gasteiger partial charge is 0.234 e. The summed E-state index contributed by atoms with van der Waals surface area (Å²) in [6.45, 7) is 0.432. The van der Waals surface area contributed by atoms with Gasteiger partial charge in [0.2, 0.25) is 5.91 Å². The van der Waals surface area contributed by atoms with Gasteiger partial charge in [0.25, 0.3) is 0 Å². The van der Waals surface area contributed by atoms with Gasteiger partial charge >= 0.3 is 0 Å². The first-order valence-corrected chi connectivity index (χ1v) is 5.85. The number of nitrogens with one attached hydrogen (secondary N) is 2. The second kappa shape index (κ2) is 4.94. The van der Waals surface area contributed by atoms with Crippen LogP contribution in [0.25, 0.3) is 0 Å². The van der Waals surface area contributed by atoms with Crippen molar-refractivity contribution in [3.63, 3.8) is 0 Å². The van der Waals surface area contributed by atoms with Crippen molar-refractivity contribution in [3.8, 4) is 0 Å². The summed E-state index contributed by atoms with van der Waals surface area (Å²) in [5.74, 6) is 0.124. The van der Waals surface area contributed by atoms with Crippen molar-refractivity contribution in [2.75, 3.05) is 13.7 Å². The molecule has 0 aromatic carbocycles. The summed E-state index contributed by atoms with van der Waals surface area (Å²) in [6.07, 6.45) is 6.01. The highest BCUT2D eigenvalue weighted by Crippen LogP contribution is 2.21. The van der Waals surface area contributed by atoms with E-state index in [1.165, 1.54) is 6.42 Å². The Bertz CT molecular complexity index is 229. The van der Waals surface area contributed by atoms with E-state index in [-0.39, 0.29) is 5.91 Å². The summed E-state index contributed by atoms with van der Waals surface area (Å²) in [5.41, 5.74) is 0. The van der Waals surface area contributed by atoms with Crippen LogP contribution in [-0.2, 0) is 9.53 Å². The average molecular weight is 212 g/mol. The molecule has 2 saturated carbocycles. The summed E-state index contributed by atoms with van der Waals surface area (Å²) in [7, 11) is 1.74. The monoisotopic (exact) mass is 212 g/mol. The minimum atomic E-state index is 0.124. The van der Waals surface area contributed by atoms with Crippen LogP contribution in [0, 0.1) is 0 Å². The van der Waals surface area contributed by atoms with Crippen LogP contribution in [0.2, 0.25) is 0 Å². The van der Waals surface area contributed by atoms with E-state index in [9.17, 15) is 4.79 Å². The maximum atomic E-state index is 11.4. The molecule has 0 spiro atoms. The Morgan fingerprint density at radius 2 is 2.13 bits per heavy atom. The average Bonchev–Trinajstić information content (AvgIpc) is 2.92. The molecule has 1 amide bonds. The van der Waals surface area contributed by atoms with Gasteiger partial charge in [0, 0.05) is 19.2 Å². The van der Waals surface area contributed by atoms with Gasteiger partial charge in [-0.25, -0.2) is 0 Å². The SMILES string of the molecule is COC1CCCC1NCC(=O)NC1CC1. The van der Waals surface area contributed by atoms with Gasteiger partial charge in [-0.2, -0.15) is 0 Å². The largest absolute Gasteiger partial charge is 0.380 e. The zero-order valence-corrected chi connectivity index (χ0v) is 9.29. The van der Waals surface area contributed by atoms with Gasteiger partial charge in [-0.1, -0.05) is 0 Å². The predicted molar refractivity (Wildman–Crippen MR) is 57.6 cm³/mol. The minimum Gasteiger partial charge on any atom is -0.380 e. The van der Waals surface area contributed by atoms with Gasteiger partial charge in [-0.3, -0.25) is 4.79 Å². The van der Waals surface area contributed by atoms with E-state index in [4.69, 9.17) is 4.74 Å². The van der Waals surface area contributed by atoms with Crippen molar-refractivity contribution in [2.45, 2.75) is 50.3 Å². The Hall–Kier alpha value is -0.610. The third-order valence-electron chi connectivity index (χ3n) is 3.22. The van der Waals surface area contributed by atoms with Crippen LogP contribution in [0.5, 0.6) is 0 Å². The van der Waals surface area contributed by atoms with Crippen molar-refractivity contribution in [2.24, 2.45) is 0 Å². The van der Waals surface area contributed by atoms with Crippen LogP contribution in [0.1, 0.15) is 32.1 Å². The van der Waals surface area contributed by atoms with E-state index in [1.807, 2.05) is 0 Å². The summed E-state index contributed by atoms with van der Waals surface area (Å²) < 4.78 is 5.36. The molecule has 0 saturated heterocycles. The van der Waals surface area contributed by atoms with E-state index in [0.29, 0.717) is 24.7 Å². The Morgan fingerprint density at radius 1 is 1.33 bits per heavy atom. The molecule has 2 fully saturated rings. The van der Waals surface area contributed by atoms with Gasteiger partial charge in [-0.15, -0.1) is 0 Å². The quantitative estimate of drug-likeness (QED) is 0.694. The molecule has 2 rings (SSSR count). The van der Waals surface area contributed by atoms with Crippen molar-refractivity contribution in [1.29, 1.82) is 0 Å². The van der Waals surface area contributed by atoms with Crippen LogP contribution in [0.15, 0.2) is 0 Å². The molecule has 86 valence electrons.